The van der Waals surface area contributed by atoms with Gasteiger partial charge >= 0.3 is 73.9 Å². The van der Waals surface area contributed by atoms with E-state index in [0.717, 1.165) is 39.5 Å². The first kappa shape index (κ1) is 57.2. The Kier molecular flexibility index (Phi) is 18.0. The number of anilines is 1. The smallest absolute Gasteiger partial charge is 0.744 e. The monoisotopic (exact) mass is 1070 g/mol. The maximum Gasteiger partial charge on any atom is 1.00 e. The second-order valence-corrected chi connectivity index (χ2v) is 20.6. The van der Waals surface area contributed by atoms with Crippen LogP contribution in [0, 0.1) is 6.07 Å². The van der Waals surface area contributed by atoms with Crippen LogP contribution in [0.2, 0.25) is 0 Å². The van der Waals surface area contributed by atoms with E-state index < -0.39 is 79.0 Å². The summed E-state index contributed by atoms with van der Waals surface area (Å²) in [6, 6.07) is 28.4. The number of rotatable bonds is 14. The second kappa shape index (κ2) is 23.2. The number of fused-ring (bicyclic) bond motifs is 2. The number of nitrogens with zero attached hydrogens (tertiary/aromatic N) is 4. The number of allylic oxidation sites excluding steroid dienone is 6. The molecule has 0 saturated carbocycles. The van der Waals surface area contributed by atoms with Crippen LogP contribution in [0.15, 0.2) is 126 Å². The zero-order valence-corrected chi connectivity index (χ0v) is 46.4. The number of carbonyl (C=O) groups is 6. The first-order valence-electron chi connectivity index (χ1n) is 23.1. The van der Waals surface area contributed by atoms with Gasteiger partial charge in [0.15, 0.2) is 12.3 Å². The van der Waals surface area contributed by atoms with Gasteiger partial charge in [0.05, 0.1) is 16.7 Å². The summed E-state index contributed by atoms with van der Waals surface area (Å²) in [5.74, 6) is -5.11. The quantitative estimate of drug-likeness (QED) is 0.0439. The predicted octanol–water partition coefficient (Wildman–Crippen LogP) is 3.38. The molecule has 0 N–H and O–H groups in total. The fourth-order valence-electron chi connectivity index (χ4n) is 9.18. The second-order valence-electron chi connectivity index (χ2n) is 18.8. The van der Waals surface area contributed by atoms with E-state index in [2.05, 4.69) is 35.5 Å². The van der Waals surface area contributed by atoms with E-state index in [1.807, 2.05) is 92.7 Å². The Morgan fingerprint density at radius 1 is 0.730 bits per heavy atom. The third-order valence-electron chi connectivity index (χ3n) is 13.3. The molecule has 0 spiro atoms. The van der Waals surface area contributed by atoms with E-state index in [4.69, 9.17) is 22.3 Å². The van der Waals surface area contributed by atoms with Crippen molar-refractivity contribution >= 4 is 73.4 Å². The van der Waals surface area contributed by atoms with Crippen molar-refractivity contribution in [2.75, 3.05) is 4.90 Å². The SMILES string of the molecule is CC(C(=O)ON1C(=O)CCC1=O)c1ccc(CN2C(=CC=CC=CC3=[N+](Cc4ccc(C(C)C(=O)ON5C(=O)CCC5=O)cc4)c4cc[c-]cc4C3(C)C)C(C)(C)c3cc(S(=O)(=O)[O-])ccc32)cc1.O=S(=O)=O.[K+]. The number of imide groups is 2. The van der Waals surface area contributed by atoms with Gasteiger partial charge in [-0.1, -0.05) is 100 Å². The summed E-state index contributed by atoms with van der Waals surface area (Å²) in [5.41, 5.74) is 7.39. The number of hydrogen-bond acceptors (Lipinski definition) is 15. The Bertz CT molecular complexity index is 3260. The van der Waals surface area contributed by atoms with Crippen LogP contribution in [0.25, 0.3) is 0 Å². The molecule has 0 bridgehead atoms. The van der Waals surface area contributed by atoms with Crippen molar-refractivity contribution in [3.05, 3.63) is 160 Å². The molecule has 4 heterocycles. The van der Waals surface area contributed by atoms with Gasteiger partial charge in [0.1, 0.15) is 15.8 Å². The molecule has 4 aliphatic heterocycles. The number of carbonyl (C=O) groups excluding carboxylic acids is 6. The van der Waals surface area contributed by atoms with Gasteiger partial charge in [0, 0.05) is 66.1 Å². The molecule has 2 saturated heterocycles. The standard InChI is InChI=1S/C53H52N4O11S.K.O3S/c1-33(50(62)67-56-46(58)26-27-47(56)59)37-20-16-35(17-21-37)31-54-42-13-11-10-12-40(42)52(3,4)44(54)14-8-7-9-15-45-53(5,6)41-30-39(69(64,65)66)24-25-43(41)55(45)32-36-18-22-38(23-19-36)34(2)51(63)68-57-48(60)28-29-49(57)61;;1-4(2)3/h7-9,11-25,30,33-34H,26-29,31-32H2,1-6H3,(H,64,65,66);;/q;+1;/p-1. The van der Waals surface area contributed by atoms with Gasteiger partial charge in [-0.05, 0) is 60.4 Å². The summed E-state index contributed by atoms with van der Waals surface area (Å²) in [5, 5.41) is 1.09. The summed E-state index contributed by atoms with van der Waals surface area (Å²) < 4.78 is 64.1. The first-order valence-corrected chi connectivity index (χ1v) is 25.5. The molecule has 0 radical (unpaired) electrons. The average Bonchev–Trinajstić information content (AvgIpc) is 3.97. The summed E-state index contributed by atoms with van der Waals surface area (Å²) in [7, 11) is -7.85. The Labute approximate surface area is 472 Å². The normalized spacial score (nSPS) is 18.1. The molecular formula is C53H51KN4O14S2. The van der Waals surface area contributed by atoms with Crippen molar-refractivity contribution in [1.82, 2.24) is 10.1 Å². The number of amides is 4. The van der Waals surface area contributed by atoms with Crippen LogP contribution in [0.3, 0.4) is 0 Å². The van der Waals surface area contributed by atoms with Gasteiger partial charge in [-0.15, -0.1) is 28.8 Å². The van der Waals surface area contributed by atoms with Crippen LogP contribution in [-0.2, 0) is 83.1 Å². The molecule has 0 aliphatic carbocycles. The number of hydrogen-bond donors (Lipinski definition) is 0. The summed E-state index contributed by atoms with van der Waals surface area (Å²) in [4.78, 5) is 85.9. The van der Waals surface area contributed by atoms with E-state index >= 15 is 0 Å². The van der Waals surface area contributed by atoms with Crippen molar-refractivity contribution in [3.63, 3.8) is 0 Å². The van der Waals surface area contributed by atoms with E-state index in [1.165, 1.54) is 12.1 Å². The molecular weight excluding hydrogens is 1020 g/mol. The summed E-state index contributed by atoms with van der Waals surface area (Å²) in [6.45, 7) is 12.4. The van der Waals surface area contributed by atoms with Crippen LogP contribution in [-0.4, -0.2) is 81.6 Å². The van der Waals surface area contributed by atoms with Gasteiger partial charge in [-0.25, -0.2) is 22.6 Å². The van der Waals surface area contributed by atoms with Crippen molar-refractivity contribution in [3.8, 4) is 0 Å². The van der Waals surface area contributed by atoms with Crippen molar-refractivity contribution in [2.45, 2.75) is 108 Å². The minimum absolute atomic E-state index is 0. The Morgan fingerprint density at radius 2 is 1.23 bits per heavy atom. The van der Waals surface area contributed by atoms with E-state index in [-0.39, 0.29) is 82.0 Å². The van der Waals surface area contributed by atoms with Crippen molar-refractivity contribution in [1.29, 1.82) is 0 Å². The largest absolute Gasteiger partial charge is 1.00 e. The zero-order chi connectivity index (χ0) is 53.2. The minimum atomic E-state index is -4.74. The van der Waals surface area contributed by atoms with Gasteiger partial charge in [0.25, 0.3) is 23.6 Å². The molecule has 21 heteroatoms. The molecule has 380 valence electrons. The Hall–Kier alpha value is -6.04. The van der Waals surface area contributed by atoms with Gasteiger partial charge in [-0.3, -0.25) is 19.2 Å². The molecule has 8 rings (SSSR count). The fraction of sp³-hybridized carbons (Fsp3) is 0.302. The molecule has 18 nitrogen and oxygen atoms in total. The minimum Gasteiger partial charge on any atom is -0.744 e. The number of hydroxylamine groups is 4. The third-order valence-corrected chi connectivity index (χ3v) is 14.2. The molecule has 74 heavy (non-hydrogen) atoms. The molecule has 2 unspecified atom stereocenters. The van der Waals surface area contributed by atoms with E-state index in [0.29, 0.717) is 39.9 Å². The van der Waals surface area contributed by atoms with Crippen LogP contribution < -0.4 is 56.3 Å². The molecule has 0 aromatic heterocycles. The number of benzene rings is 4. The van der Waals surface area contributed by atoms with Gasteiger partial charge in [-0.2, -0.15) is 18.2 Å². The van der Waals surface area contributed by atoms with E-state index in [1.54, 1.807) is 32.0 Å². The van der Waals surface area contributed by atoms with Crippen molar-refractivity contribution < 1.29 is 120 Å². The molecule has 4 aliphatic rings. The Balaban J connectivity index is 0.00000172. The molecule has 2 atom stereocenters. The topological polar surface area (TPSA) is 242 Å². The predicted molar refractivity (Wildman–Crippen MR) is 261 cm³/mol. The van der Waals surface area contributed by atoms with Crippen LogP contribution >= 0.6 is 0 Å². The molecule has 4 aromatic rings. The van der Waals surface area contributed by atoms with Gasteiger partial charge < -0.3 is 19.1 Å². The molecule has 4 amide bonds. The van der Waals surface area contributed by atoms with Crippen molar-refractivity contribution in [2.24, 2.45) is 0 Å². The summed E-state index contributed by atoms with van der Waals surface area (Å²) in [6.07, 6.45) is 9.86. The first-order chi connectivity index (χ1) is 34.4. The van der Waals surface area contributed by atoms with Gasteiger partial charge in [0.2, 0.25) is 0 Å². The molecule has 4 aromatic carbocycles. The third kappa shape index (κ3) is 12.4. The van der Waals surface area contributed by atoms with Crippen LogP contribution in [0.5, 0.6) is 0 Å². The van der Waals surface area contributed by atoms with Crippen LogP contribution in [0.1, 0.15) is 112 Å². The van der Waals surface area contributed by atoms with Crippen LogP contribution in [0.4, 0.5) is 11.4 Å². The maximum absolute atomic E-state index is 12.9. The maximum atomic E-state index is 12.9. The fourth-order valence-corrected chi connectivity index (χ4v) is 9.68. The summed E-state index contributed by atoms with van der Waals surface area (Å²) >= 11 is 0. The Morgan fingerprint density at radius 3 is 1.73 bits per heavy atom. The average molecular weight is 1070 g/mol. The zero-order valence-electron chi connectivity index (χ0n) is 41.7. The van der Waals surface area contributed by atoms with E-state index in [9.17, 15) is 41.7 Å². The molecule has 2 fully saturated rings.